The molecule has 0 bridgehead atoms. The van der Waals surface area contributed by atoms with Crippen molar-refractivity contribution in [2.75, 3.05) is 18.0 Å². The smallest absolute Gasteiger partial charge is 0.249 e. The number of nitrogens with zero attached hydrogens (tertiary/aromatic N) is 4. The second-order valence-electron chi connectivity index (χ2n) is 8.76. The Hall–Kier alpha value is -3.48. The number of carbonyl (C=O) groups is 2. The molecule has 7 nitrogen and oxygen atoms in total. The van der Waals surface area contributed by atoms with Crippen LogP contribution in [0.5, 0.6) is 0 Å². The van der Waals surface area contributed by atoms with Gasteiger partial charge in [0, 0.05) is 30.8 Å². The topological polar surface area (TPSA) is 79.5 Å². The van der Waals surface area contributed by atoms with E-state index in [4.69, 9.17) is 4.52 Å². The second-order valence-corrected chi connectivity index (χ2v) is 8.76. The zero-order chi connectivity index (χ0) is 22.2. The molecule has 1 aromatic heterocycles. The highest BCUT2D eigenvalue weighted by molar-refractivity contribution is 6.00. The van der Waals surface area contributed by atoms with Gasteiger partial charge in [-0.05, 0) is 44.9 Å². The van der Waals surface area contributed by atoms with Gasteiger partial charge >= 0.3 is 0 Å². The van der Waals surface area contributed by atoms with Crippen LogP contribution in [0, 0.1) is 19.8 Å². The van der Waals surface area contributed by atoms with Crippen molar-refractivity contribution in [3.8, 4) is 11.4 Å². The molecule has 2 amide bonds. The van der Waals surface area contributed by atoms with E-state index in [9.17, 15) is 9.59 Å². The fraction of sp³-hybridized carbons (Fsp3) is 0.360. The highest BCUT2D eigenvalue weighted by Gasteiger charge is 2.42. The number of likely N-dealkylation sites (tertiary alicyclic amines) is 1. The summed E-state index contributed by atoms with van der Waals surface area (Å²) in [6.07, 6.45) is 1.89. The fourth-order valence-electron chi connectivity index (χ4n) is 4.64. The SMILES string of the molecule is Cc1ccc(N2C[C@H](C(=O)N3CCC[C@H]3c3nc(-c4cccc(C)c4)no3)CC2=O)cc1. The molecule has 2 aromatic carbocycles. The normalized spacial score (nSPS) is 20.9. The van der Waals surface area contributed by atoms with Gasteiger partial charge in [-0.1, -0.05) is 46.6 Å². The molecule has 32 heavy (non-hydrogen) atoms. The number of anilines is 1. The molecule has 0 saturated carbocycles. The number of aryl methyl sites for hydroxylation is 2. The zero-order valence-electron chi connectivity index (χ0n) is 18.3. The largest absolute Gasteiger partial charge is 0.337 e. The van der Waals surface area contributed by atoms with Crippen LogP contribution in [0.2, 0.25) is 0 Å². The van der Waals surface area contributed by atoms with Gasteiger partial charge < -0.3 is 14.3 Å². The maximum Gasteiger partial charge on any atom is 0.249 e. The molecule has 0 spiro atoms. The molecule has 2 aliphatic heterocycles. The summed E-state index contributed by atoms with van der Waals surface area (Å²) in [5, 5.41) is 4.15. The number of rotatable bonds is 4. The quantitative estimate of drug-likeness (QED) is 0.623. The summed E-state index contributed by atoms with van der Waals surface area (Å²) in [4.78, 5) is 34.2. The average Bonchev–Trinajstić information content (AvgIpc) is 3.53. The Morgan fingerprint density at radius 3 is 2.69 bits per heavy atom. The van der Waals surface area contributed by atoms with E-state index < -0.39 is 0 Å². The van der Waals surface area contributed by atoms with Gasteiger partial charge in [0.25, 0.3) is 0 Å². The van der Waals surface area contributed by atoms with Crippen molar-refractivity contribution >= 4 is 17.5 Å². The number of carbonyl (C=O) groups excluding carboxylic acids is 2. The Labute approximate surface area is 187 Å². The first-order valence-corrected chi connectivity index (χ1v) is 11.1. The molecule has 0 N–H and O–H groups in total. The summed E-state index contributed by atoms with van der Waals surface area (Å²) in [5.74, 6) is 0.619. The van der Waals surface area contributed by atoms with Crippen LogP contribution in [0.4, 0.5) is 5.69 Å². The van der Waals surface area contributed by atoms with Gasteiger partial charge in [-0.3, -0.25) is 9.59 Å². The van der Waals surface area contributed by atoms with E-state index in [1.165, 1.54) is 0 Å². The fourth-order valence-corrected chi connectivity index (χ4v) is 4.64. The minimum atomic E-state index is -0.358. The number of hydrogen-bond acceptors (Lipinski definition) is 5. The molecule has 0 aliphatic carbocycles. The maximum atomic E-state index is 13.4. The Morgan fingerprint density at radius 1 is 1.09 bits per heavy atom. The van der Waals surface area contributed by atoms with Crippen molar-refractivity contribution < 1.29 is 14.1 Å². The highest BCUT2D eigenvalue weighted by atomic mass is 16.5. The molecular formula is C25H26N4O3. The zero-order valence-corrected chi connectivity index (χ0v) is 18.3. The molecule has 164 valence electrons. The molecule has 0 radical (unpaired) electrons. The average molecular weight is 431 g/mol. The number of aromatic nitrogens is 2. The predicted molar refractivity (Wildman–Crippen MR) is 120 cm³/mol. The summed E-state index contributed by atoms with van der Waals surface area (Å²) in [6, 6.07) is 15.5. The van der Waals surface area contributed by atoms with Crippen LogP contribution < -0.4 is 4.90 Å². The molecule has 0 unspecified atom stereocenters. The van der Waals surface area contributed by atoms with E-state index in [1.807, 2.05) is 67.3 Å². The number of benzene rings is 2. The van der Waals surface area contributed by atoms with Crippen LogP contribution >= 0.6 is 0 Å². The van der Waals surface area contributed by atoms with Crippen molar-refractivity contribution in [1.29, 1.82) is 0 Å². The second kappa shape index (κ2) is 8.22. The molecule has 2 fully saturated rings. The summed E-state index contributed by atoms with van der Waals surface area (Å²) < 4.78 is 5.58. The Kier molecular flexibility index (Phi) is 5.25. The van der Waals surface area contributed by atoms with Crippen LogP contribution in [-0.2, 0) is 9.59 Å². The Bertz CT molecular complexity index is 1150. The third kappa shape index (κ3) is 3.79. The standard InChI is InChI=1S/C25H26N4O3/c1-16-8-10-20(11-9-16)29-15-19(14-22(29)30)25(31)28-12-4-7-21(28)24-26-23(27-32-24)18-6-3-5-17(2)13-18/h3,5-6,8-11,13,19,21H,4,7,12,14-15H2,1-2H3/t19-,21+/m1/s1. The lowest BCUT2D eigenvalue weighted by molar-refractivity contribution is -0.137. The summed E-state index contributed by atoms with van der Waals surface area (Å²) in [6.45, 7) is 5.07. The first kappa shape index (κ1) is 20.4. The van der Waals surface area contributed by atoms with Gasteiger partial charge in [0.05, 0.1) is 5.92 Å². The third-order valence-electron chi connectivity index (χ3n) is 6.36. The molecule has 2 aliphatic rings. The van der Waals surface area contributed by atoms with Gasteiger partial charge in [0.15, 0.2) is 0 Å². The third-order valence-corrected chi connectivity index (χ3v) is 6.36. The summed E-state index contributed by atoms with van der Waals surface area (Å²) >= 11 is 0. The molecule has 5 rings (SSSR count). The maximum absolute atomic E-state index is 13.4. The molecule has 2 saturated heterocycles. The van der Waals surface area contributed by atoms with Crippen LogP contribution in [0.1, 0.15) is 42.3 Å². The first-order chi connectivity index (χ1) is 15.5. The van der Waals surface area contributed by atoms with Crippen molar-refractivity contribution in [2.45, 2.75) is 39.2 Å². The lowest BCUT2D eigenvalue weighted by atomic mass is 10.1. The van der Waals surface area contributed by atoms with E-state index in [1.54, 1.807) is 4.90 Å². The number of amides is 2. The van der Waals surface area contributed by atoms with Gasteiger partial charge in [-0.2, -0.15) is 4.98 Å². The van der Waals surface area contributed by atoms with Crippen LogP contribution in [-0.4, -0.2) is 39.9 Å². The molecule has 3 heterocycles. The van der Waals surface area contributed by atoms with E-state index in [0.29, 0.717) is 24.8 Å². The van der Waals surface area contributed by atoms with Gasteiger partial charge in [-0.25, -0.2) is 0 Å². The van der Waals surface area contributed by atoms with Crippen LogP contribution in [0.25, 0.3) is 11.4 Å². The van der Waals surface area contributed by atoms with Crippen LogP contribution in [0.15, 0.2) is 53.1 Å². The molecule has 3 aromatic rings. The number of hydrogen-bond donors (Lipinski definition) is 0. The van der Waals surface area contributed by atoms with Gasteiger partial charge in [-0.15, -0.1) is 0 Å². The Morgan fingerprint density at radius 2 is 1.91 bits per heavy atom. The molecular weight excluding hydrogens is 404 g/mol. The van der Waals surface area contributed by atoms with Crippen molar-refractivity contribution in [3.63, 3.8) is 0 Å². The van der Waals surface area contributed by atoms with E-state index in [-0.39, 0.29) is 30.2 Å². The van der Waals surface area contributed by atoms with Crippen molar-refractivity contribution in [3.05, 3.63) is 65.5 Å². The first-order valence-electron chi connectivity index (χ1n) is 11.1. The Balaban J connectivity index is 1.32. The minimum Gasteiger partial charge on any atom is -0.337 e. The molecule has 7 heteroatoms. The van der Waals surface area contributed by atoms with Crippen LogP contribution in [0.3, 0.4) is 0 Å². The molecule has 2 atom stereocenters. The minimum absolute atomic E-state index is 0.00855. The van der Waals surface area contributed by atoms with Gasteiger partial charge in [0.2, 0.25) is 23.5 Å². The van der Waals surface area contributed by atoms with E-state index in [2.05, 4.69) is 10.1 Å². The summed E-state index contributed by atoms with van der Waals surface area (Å²) in [7, 11) is 0. The van der Waals surface area contributed by atoms with Gasteiger partial charge in [0.1, 0.15) is 6.04 Å². The highest BCUT2D eigenvalue weighted by Crippen LogP contribution is 2.35. The lowest BCUT2D eigenvalue weighted by Crippen LogP contribution is -2.37. The van der Waals surface area contributed by atoms with E-state index >= 15 is 0 Å². The summed E-state index contributed by atoms with van der Waals surface area (Å²) in [5.41, 5.74) is 3.99. The predicted octanol–water partition coefficient (Wildman–Crippen LogP) is 4.07. The van der Waals surface area contributed by atoms with Crippen molar-refractivity contribution in [1.82, 2.24) is 15.0 Å². The van der Waals surface area contributed by atoms with Crippen molar-refractivity contribution in [2.24, 2.45) is 5.92 Å². The van der Waals surface area contributed by atoms with E-state index in [0.717, 1.165) is 35.2 Å². The monoisotopic (exact) mass is 430 g/mol. The lowest BCUT2D eigenvalue weighted by Gasteiger charge is -2.25.